The summed E-state index contributed by atoms with van der Waals surface area (Å²) in [5, 5.41) is 3.81. The van der Waals surface area contributed by atoms with Gasteiger partial charge < -0.3 is 9.73 Å². The Bertz CT molecular complexity index is 411. The predicted octanol–water partition coefficient (Wildman–Crippen LogP) is 2.64. The first-order chi connectivity index (χ1) is 7.31. The summed E-state index contributed by atoms with van der Waals surface area (Å²) in [6.07, 6.45) is 4.99. The van der Waals surface area contributed by atoms with Gasteiger partial charge in [0.05, 0.1) is 29.3 Å². The number of hydrogen-bond acceptors (Lipinski definition) is 3. The molecule has 78 valence electrons. The lowest BCUT2D eigenvalue weighted by atomic mass is 10.1. The van der Waals surface area contributed by atoms with E-state index in [1.165, 1.54) is 0 Å². The summed E-state index contributed by atoms with van der Waals surface area (Å²) in [6.45, 7) is 0. The number of aromatic nitrogens is 1. The molecule has 15 heavy (non-hydrogen) atoms. The fourth-order valence-corrected chi connectivity index (χ4v) is 1.59. The SMILES string of the molecule is CNC(c1ccoc1)c1ccc(Cl)cn1. The summed E-state index contributed by atoms with van der Waals surface area (Å²) in [5.41, 5.74) is 1.97. The summed E-state index contributed by atoms with van der Waals surface area (Å²) < 4.78 is 5.05. The number of rotatable bonds is 3. The van der Waals surface area contributed by atoms with Gasteiger partial charge >= 0.3 is 0 Å². The molecule has 0 aliphatic heterocycles. The number of nitrogens with one attached hydrogen (secondary N) is 1. The van der Waals surface area contributed by atoms with Gasteiger partial charge in [0, 0.05) is 11.8 Å². The number of pyridine rings is 1. The summed E-state index contributed by atoms with van der Waals surface area (Å²) in [7, 11) is 1.88. The molecule has 0 fully saturated rings. The molecule has 0 amide bonds. The first-order valence-corrected chi connectivity index (χ1v) is 5.00. The van der Waals surface area contributed by atoms with Crippen molar-refractivity contribution in [2.75, 3.05) is 7.05 Å². The third-order valence-electron chi connectivity index (χ3n) is 2.21. The van der Waals surface area contributed by atoms with Gasteiger partial charge in [0.15, 0.2) is 0 Å². The first kappa shape index (κ1) is 10.2. The van der Waals surface area contributed by atoms with Gasteiger partial charge in [-0.2, -0.15) is 0 Å². The average molecular weight is 223 g/mol. The van der Waals surface area contributed by atoms with Crippen LogP contribution in [-0.2, 0) is 0 Å². The fourth-order valence-electron chi connectivity index (χ4n) is 1.48. The summed E-state index contributed by atoms with van der Waals surface area (Å²) in [6, 6.07) is 5.68. The van der Waals surface area contributed by atoms with Gasteiger partial charge in [-0.15, -0.1) is 0 Å². The van der Waals surface area contributed by atoms with E-state index in [0.717, 1.165) is 11.3 Å². The first-order valence-electron chi connectivity index (χ1n) is 4.62. The summed E-state index contributed by atoms with van der Waals surface area (Å²) in [5.74, 6) is 0. The highest BCUT2D eigenvalue weighted by atomic mass is 35.5. The van der Waals surface area contributed by atoms with E-state index in [4.69, 9.17) is 16.0 Å². The smallest absolute Gasteiger partial charge is 0.0954 e. The van der Waals surface area contributed by atoms with Gasteiger partial charge in [-0.25, -0.2) is 0 Å². The molecule has 1 unspecified atom stereocenters. The van der Waals surface area contributed by atoms with Crippen LogP contribution in [0.5, 0.6) is 0 Å². The summed E-state index contributed by atoms with van der Waals surface area (Å²) in [4.78, 5) is 4.27. The normalized spacial score (nSPS) is 12.7. The molecule has 0 radical (unpaired) electrons. The highest BCUT2D eigenvalue weighted by molar-refractivity contribution is 6.30. The zero-order valence-corrected chi connectivity index (χ0v) is 9.03. The molecule has 2 aromatic rings. The van der Waals surface area contributed by atoms with Gasteiger partial charge in [0.1, 0.15) is 0 Å². The minimum absolute atomic E-state index is 0.0426. The van der Waals surface area contributed by atoms with Gasteiger partial charge in [-0.05, 0) is 25.2 Å². The van der Waals surface area contributed by atoms with Crippen LogP contribution < -0.4 is 5.32 Å². The van der Waals surface area contributed by atoms with Crippen molar-refractivity contribution in [1.82, 2.24) is 10.3 Å². The van der Waals surface area contributed by atoms with E-state index in [2.05, 4.69) is 10.3 Å². The topological polar surface area (TPSA) is 38.1 Å². The molecule has 4 heteroatoms. The van der Waals surface area contributed by atoms with E-state index in [9.17, 15) is 0 Å². The molecule has 0 spiro atoms. The van der Waals surface area contributed by atoms with Crippen LogP contribution >= 0.6 is 11.6 Å². The highest BCUT2D eigenvalue weighted by Gasteiger charge is 2.13. The molecule has 0 bridgehead atoms. The number of nitrogens with zero attached hydrogens (tertiary/aromatic N) is 1. The molecule has 2 aromatic heterocycles. The molecule has 0 aromatic carbocycles. The Balaban J connectivity index is 2.31. The Kier molecular flexibility index (Phi) is 3.04. The zero-order chi connectivity index (χ0) is 10.7. The van der Waals surface area contributed by atoms with E-state index in [0.29, 0.717) is 5.02 Å². The molecule has 0 aliphatic rings. The van der Waals surface area contributed by atoms with Gasteiger partial charge in [-0.1, -0.05) is 11.6 Å². The van der Waals surface area contributed by atoms with Crippen LogP contribution in [-0.4, -0.2) is 12.0 Å². The van der Waals surface area contributed by atoms with Crippen LogP contribution in [0.3, 0.4) is 0 Å². The van der Waals surface area contributed by atoms with Crippen LogP contribution in [0.25, 0.3) is 0 Å². The fraction of sp³-hybridized carbons (Fsp3) is 0.182. The number of furan rings is 1. The molecule has 2 rings (SSSR count). The van der Waals surface area contributed by atoms with Crippen LogP contribution in [0.2, 0.25) is 5.02 Å². The molecule has 0 saturated heterocycles. The van der Waals surface area contributed by atoms with Crippen molar-refractivity contribution < 1.29 is 4.42 Å². The molecule has 0 aliphatic carbocycles. The Morgan fingerprint density at radius 3 is 2.80 bits per heavy atom. The van der Waals surface area contributed by atoms with Crippen molar-refractivity contribution in [3.05, 3.63) is 53.2 Å². The second kappa shape index (κ2) is 4.47. The zero-order valence-electron chi connectivity index (χ0n) is 8.27. The largest absolute Gasteiger partial charge is 0.472 e. The highest BCUT2D eigenvalue weighted by Crippen LogP contribution is 2.21. The minimum Gasteiger partial charge on any atom is -0.472 e. The number of hydrogen-bond donors (Lipinski definition) is 1. The molecule has 2 heterocycles. The van der Waals surface area contributed by atoms with Crippen LogP contribution in [0.4, 0.5) is 0 Å². The van der Waals surface area contributed by atoms with Crippen molar-refractivity contribution in [1.29, 1.82) is 0 Å². The van der Waals surface area contributed by atoms with Crippen molar-refractivity contribution in [2.24, 2.45) is 0 Å². The van der Waals surface area contributed by atoms with Crippen molar-refractivity contribution in [3.63, 3.8) is 0 Å². The minimum atomic E-state index is 0.0426. The van der Waals surface area contributed by atoms with Crippen LogP contribution in [0.1, 0.15) is 17.3 Å². The lowest BCUT2D eigenvalue weighted by Crippen LogP contribution is -2.18. The molecule has 0 saturated carbocycles. The van der Waals surface area contributed by atoms with Gasteiger partial charge in [0.2, 0.25) is 0 Å². The third-order valence-corrected chi connectivity index (χ3v) is 2.43. The maximum atomic E-state index is 5.78. The van der Waals surface area contributed by atoms with Gasteiger partial charge in [0.25, 0.3) is 0 Å². The van der Waals surface area contributed by atoms with Crippen molar-refractivity contribution >= 4 is 11.6 Å². The molecule has 3 nitrogen and oxygen atoms in total. The van der Waals surface area contributed by atoms with Crippen molar-refractivity contribution in [2.45, 2.75) is 6.04 Å². The van der Waals surface area contributed by atoms with Crippen molar-refractivity contribution in [3.8, 4) is 0 Å². The Labute approximate surface area is 93.1 Å². The lowest BCUT2D eigenvalue weighted by Gasteiger charge is -2.13. The second-order valence-corrected chi connectivity index (χ2v) is 3.62. The average Bonchev–Trinajstić information content (AvgIpc) is 2.75. The maximum Gasteiger partial charge on any atom is 0.0954 e. The van der Waals surface area contributed by atoms with E-state index >= 15 is 0 Å². The van der Waals surface area contributed by atoms with E-state index in [1.54, 1.807) is 18.7 Å². The second-order valence-electron chi connectivity index (χ2n) is 3.18. The monoisotopic (exact) mass is 222 g/mol. The molecule has 1 atom stereocenters. The quantitative estimate of drug-likeness (QED) is 0.868. The van der Waals surface area contributed by atoms with E-state index < -0.39 is 0 Å². The Morgan fingerprint density at radius 1 is 1.40 bits per heavy atom. The Morgan fingerprint density at radius 2 is 2.27 bits per heavy atom. The lowest BCUT2D eigenvalue weighted by molar-refractivity contribution is 0.556. The summed E-state index contributed by atoms with van der Waals surface area (Å²) >= 11 is 5.78. The van der Waals surface area contributed by atoms with E-state index in [1.807, 2.05) is 25.2 Å². The number of halogens is 1. The Hall–Kier alpha value is -1.32. The maximum absolute atomic E-state index is 5.78. The molecular weight excluding hydrogens is 212 g/mol. The third kappa shape index (κ3) is 2.19. The molecular formula is C11H11ClN2O. The van der Waals surface area contributed by atoms with Crippen LogP contribution in [0, 0.1) is 0 Å². The van der Waals surface area contributed by atoms with E-state index in [-0.39, 0.29) is 6.04 Å². The van der Waals surface area contributed by atoms with Gasteiger partial charge in [-0.3, -0.25) is 4.98 Å². The predicted molar refractivity (Wildman–Crippen MR) is 58.9 cm³/mol. The standard InChI is InChI=1S/C11H11ClN2O/c1-13-11(8-4-5-15-7-8)10-3-2-9(12)6-14-10/h2-7,11,13H,1H3. The molecule has 1 N–H and O–H groups in total. The van der Waals surface area contributed by atoms with Crippen LogP contribution in [0.15, 0.2) is 41.3 Å².